The summed E-state index contributed by atoms with van der Waals surface area (Å²) in [6.07, 6.45) is 1.80. The summed E-state index contributed by atoms with van der Waals surface area (Å²) in [5.74, 6) is 0.168. The first-order valence-corrected chi connectivity index (χ1v) is 6.44. The van der Waals surface area contributed by atoms with Crippen LogP contribution in [0.4, 0.5) is 10.1 Å². The summed E-state index contributed by atoms with van der Waals surface area (Å²) in [7, 11) is 1.67. The Bertz CT molecular complexity index is 561. The van der Waals surface area contributed by atoms with Crippen LogP contribution in [-0.2, 0) is 11.3 Å². The number of unbranched alkanes of at least 4 members (excludes halogenated alkanes) is 1. The lowest BCUT2D eigenvalue weighted by Gasteiger charge is -2.07. The summed E-state index contributed by atoms with van der Waals surface area (Å²) in [6.45, 7) is 2.99. The van der Waals surface area contributed by atoms with E-state index in [1.54, 1.807) is 24.8 Å². The van der Waals surface area contributed by atoms with Crippen molar-refractivity contribution in [3.05, 3.63) is 23.5 Å². The fourth-order valence-corrected chi connectivity index (χ4v) is 1.90. The van der Waals surface area contributed by atoms with Crippen LogP contribution in [0.2, 0.25) is 0 Å². The third-order valence-electron chi connectivity index (χ3n) is 3.14. The van der Waals surface area contributed by atoms with Crippen molar-refractivity contribution in [2.24, 2.45) is 0 Å². The van der Waals surface area contributed by atoms with Crippen molar-refractivity contribution in [2.45, 2.75) is 26.3 Å². The van der Waals surface area contributed by atoms with Gasteiger partial charge < -0.3 is 10.5 Å². The van der Waals surface area contributed by atoms with Crippen LogP contribution in [0.3, 0.4) is 0 Å². The second-order valence-corrected chi connectivity index (χ2v) is 4.60. The highest BCUT2D eigenvalue weighted by molar-refractivity contribution is 5.63. The number of nitrogen functional groups attached to an aromatic ring is 1. The Hall–Kier alpha value is -2.02. The number of aromatic nitrogens is 4. The van der Waals surface area contributed by atoms with Crippen LogP contribution >= 0.6 is 0 Å². The molecule has 1 aromatic carbocycles. The van der Waals surface area contributed by atoms with Crippen molar-refractivity contribution < 1.29 is 9.13 Å². The minimum Gasteiger partial charge on any atom is -0.398 e. The van der Waals surface area contributed by atoms with Gasteiger partial charge >= 0.3 is 0 Å². The van der Waals surface area contributed by atoms with Gasteiger partial charge in [0.1, 0.15) is 5.82 Å². The molecule has 0 aliphatic heterocycles. The van der Waals surface area contributed by atoms with E-state index in [-0.39, 0.29) is 5.82 Å². The number of hydrogen-bond donors (Lipinski definition) is 1. The van der Waals surface area contributed by atoms with Crippen LogP contribution in [0.5, 0.6) is 0 Å². The van der Waals surface area contributed by atoms with E-state index < -0.39 is 0 Å². The molecule has 0 saturated heterocycles. The maximum atomic E-state index is 13.7. The zero-order chi connectivity index (χ0) is 14.5. The molecule has 20 heavy (non-hydrogen) atoms. The molecule has 0 radical (unpaired) electrons. The molecule has 0 fully saturated rings. The van der Waals surface area contributed by atoms with Crippen molar-refractivity contribution in [1.82, 2.24) is 20.2 Å². The highest BCUT2D eigenvalue weighted by atomic mass is 19.1. The number of tetrazole rings is 1. The first-order chi connectivity index (χ1) is 9.63. The number of rotatable bonds is 6. The number of benzene rings is 1. The zero-order valence-corrected chi connectivity index (χ0v) is 11.6. The van der Waals surface area contributed by atoms with E-state index in [0.29, 0.717) is 35.8 Å². The molecule has 108 valence electrons. The minimum atomic E-state index is -0.353. The monoisotopic (exact) mass is 279 g/mol. The number of nitrogens with two attached hydrogens (primary N) is 1. The quantitative estimate of drug-likeness (QED) is 0.644. The van der Waals surface area contributed by atoms with Gasteiger partial charge in [0.05, 0.1) is 0 Å². The maximum Gasteiger partial charge on any atom is 0.182 e. The first kappa shape index (κ1) is 14.4. The lowest BCUT2D eigenvalue weighted by molar-refractivity contribution is 0.191. The van der Waals surface area contributed by atoms with Gasteiger partial charge in [0.15, 0.2) is 5.82 Å². The summed E-state index contributed by atoms with van der Waals surface area (Å²) < 4.78 is 20.4. The minimum absolute atomic E-state index is 0.353. The molecule has 0 aliphatic carbocycles. The number of hydrogen-bond acceptors (Lipinski definition) is 5. The second-order valence-electron chi connectivity index (χ2n) is 4.60. The molecule has 1 heterocycles. The molecule has 2 N–H and O–H groups in total. The van der Waals surface area contributed by atoms with Crippen molar-refractivity contribution >= 4 is 5.69 Å². The van der Waals surface area contributed by atoms with E-state index in [0.717, 1.165) is 12.8 Å². The van der Waals surface area contributed by atoms with Crippen molar-refractivity contribution in [1.29, 1.82) is 0 Å². The molecular formula is C13H18FN5O. The van der Waals surface area contributed by atoms with Crippen LogP contribution in [0, 0.1) is 12.7 Å². The molecule has 0 amide bonds. The van der Waals surface area contributed by atoms with E-state index >= 15 is 0 Å². The molecule has 0 spiro atoms. The van der Waals surface area contributed by atoms with E-state index in [9.17, 15) is 4.39 Å². The summed E-state index contributed by atoms with van der Waals surface area (Å²) in [5.41, 5.74) is 7.20. The molecule has 2 rings (SSSR count). The summed E-state index contributed by atoms with van der Waals surface area (Å²) in [4.78, 5) is 0. The van der Waals surface area contributed by atoms with Gasteiger partial charge in [-0.05, 0) is 42.3 Å². The largest absolute Gasteiger partial charge is 0.398 e. The molecule has 6 nitrogen and oxygen atoms in total. The van der Waals surface area contributed by atoms with E-state index in [1.165, 1.54) is 6.07 Å². The summed E-state index contributed by atoms with van der Waals surface area (Å²) in [6, 6.07) is 3.10. The Morgan fingerprint density at radius 2 is 2.15 bits per heavy atom. The molecular weight excluding hydrogens is 261 g/mol. The lowest BCUT2D eigenvalue weighted by Crippen LogP contribution is -2.05. The highest BCUT2D eigenvalue weighted by Crippen LogP contribution is 2.24. The summed E-state index contributed by atoms with van der Waals surface area (Å²) in [5, 5.41) is 11.5. The number of halogens is 1. The zero-order valence-electron chi connectivity index (χ0n) is 11.6. The predicted octanol–water partition coefficient (Wildman–Crippen LogP) is 1.80. The van der Waals surface area contributed by atoms with E-state index in [2.05, 4.69) is 15.5 Å². The fourth-order valence-electron chi connectivity index (χ4n) is 1.90. The van der Waals surface area contributed by atoms with Gasteiger partial charge in [0, 0.05) is 37.1 Å². The highest BCUT2D eigenvalue weighted by Gasteiger charge is 2.12. The van der Waals surface area contributed by atoms with Gasteiger partial charge in [-0.3, -0.25) is 0 Å². The Morgan fingerprint density at radius 3 is 2.85 bits per heavy atom. The lowest BCUT2D eigenvalue weighted by atomic mass is 10.1. The average molecular weight is 279 g/mol. The second kappa shape index (κ2) is 6.42. The van der Waals surface area contributed by atoms with Crippen LogP contribution in [0.25, 0.3) is 11.4 Å². The smallest absolute Gasteiger partial charge is 0.182 e. The number of ether oxygens (including phenoxy) is 1. The number of nitrogens with zero attached hydrogens (tertiary/aromatic N) is 4. The Labute approximate surface area is 116 Å². The first-order valence-electron chi connectivity index (χ1n) is 6.44. The van der Waals surface area contributed by atoms with Gasteiger partial charge in [-0.2, -0.15) is 0 Å². The van der Waals surface area contributed by atoms with Gasteiger partial charge in [0.25, 0.3) is 0 Å². The fraction of sp³-hybridized carbons (Fsp3) is 0.462. The Morgan fingerprint density at radius 1 is 1.35 bits per heavy atom. The molecule has 0 bridgehead atoms. The normalized spacial score (nSPS) is 10.9. The third-order valence-corrected chi connectivity index (χ3v) is 3.14. The van der Waals surface area contributed by atoms with Crippen LogP contribution in [0.1, 0.15) is 18.4 Å². The SMILES string of the molecule is COCCCCn1nnnc1-c1cc(N)c(C)c(F)c1. The average Bonchev–Trinajstić information content (AvgIpc) is 2.89. The van der Waals surface area contributed by atoms with Crippen molar-refractivity contribution in [2.75, 3.05) is 19.5 Å². The van der Waals surface area contributed by atoms with Crippen molar-refractivity contribution in [3.63, 3.8) is 0 Å². The topological polar surface area (TPSA) is 78.8 Å². The number of aryl methyl sites for hydroxylation is 1. The molecule has 0 aliphatic rings. The molecule has 0 saturated carbocycles. The molecule has 0 atom stereocenters. The molecule has 1 aromatic heterocycles. The number of methoxy groups -OCH3 is 1. The predicted molar refractivity (Wildman–Crippen MR) is 73.5 cm³/mol. The standard InChI is InChI=1S/C13H18FN5O/c1-9-11(14)7-10(8-12(9)15)13-16-17-18-19(13)5-3-4-6-20-2/h7-8H,3-6,15H2,1-2H3. The van der Waals surface area contributed by atoms with Crippen molar-refractivity contribution in [3.8, 4) is 11.4 Å². The maximum absolute atomic E-state index is 13.7. The summed E-state index contributed by atoms with van der Waals surface area (Å²) >= 11 is 0. The van der Waals surface area contributed by atoms with Gasteiger partial charge in [-0.25, -0.2) is 9.07 Å². The number of anilines is 1. The molecule has 2 aromatic rings. The van der Waals surface area contributed by atoms with Crippen LogP contribution < -0.4 is 5.73 Å². The molecule has 0 unspecified atom stereocenters. The van der Waals surface area contributed by atoms with E-state index in [1.807, 2.05) is 0 Å². The van der Waals surface area contributed by atoms with Gasteiger partial charge in [-0.15, -0.1) is 5.10 Å². The van der Waals surface area contributed by atoms with Crippen LogP contribution in [-0.4, -0.2) is 33.9 Å². The van der Waals surface area contributed by atoms with Gasteiger partial charge in [0.2, 0.25) is 0 Å². The molecule has 7 heteroatoms. The van der Waals surface area contributed by atoms with E-state index in [4.69, 9.17) is 10.5 Å². The Balaban J connectivity index is 2.19. The third kappa shape index (κ3) is 3.11. The van der Waals surface area contributed by atoms with Crippen LogP contribution in [0.15, 0.2) is 12.1 Å². The van der Waals surface area contributed by atoms with Gasteiger partial charge in [-0.1, -0.05) is 0 Å². The Kier molecular flexibility index (Phi) is 4.62.